The number of likely N-dealkylation sites (tertiary alicyclic amines) is 1. The van der Waals surface area contributed by atoms with Gasteiger partial charge in [0.25, 0.3) is 0 Å². The molecule has 1 aliphatic carbocycles. The van der Waals surface area contributed by atoms with Crippen molar-refractivity contribution in [1.82, 2.24) is 19.8 Å². The number of amides is 2. The highest BCUT2D eigenvalue weighted by Gasteiger charge is 2.48. The van der Waals surface area contributed by atoms with Crippen LogP contribution in [0.15, 0.2) is 61.1 Å². The Labute approximate surface area is 244 Å². The Bertz CT molecular complexity index is 1200. The molecule has 2 amide bonds. The van der Waals surface area contributed by atoms with Crippen LogP contribution in [-0.2, 0) is 30.5 Å². The van der Waals surface area contributed by atoms with Gasteiger partial charge in [0, 0.05) is 63.5 Å². The van der Waals surface area contributed by atoms with Crippen LogP contribution in [0.25, 0.3) is 0 Å². The van der Waals surface area contributed by atoms with Crippen molar-refractivity contribution in [3.63, 3.8) is 0 Å². The summed E-state index contributed by atoms with van der Waals surface area (Å²) in [6.07, 6.45) is 9.98. The number of carbonyl (C=O) groups excluding carboxylic acids is 2. The smallest absolute Gasteiger partial charge is 0.328 e. The van der Waals surface area contributed by atoms with Gasteiger partial charge >= 0.3 is 11.9 Å². The molecule has 2 aromatic rings. The summed E-state index contributed by atoms with van der Waals surface area (Å²) in [5.41, 5.74) is 0.986. The fraction of sp³-hybridized carbons (Fsp3) is 0.467. The van der Waals surface area contributed by atoms with Gasteiger partial charge in [0.1, 0.15) is 5.82 Å². The summed E-state index contributed by atoms with van der Waals surface area (Å²) in [6.45, 7) is 4.96. The van der Waals surface area contributed by atoms with Crippen molar-refractivity contribution in [2.75, 3.05) is 44.2 Å². The lowest BCUT2D eigenvalue weighted by molar-refractivity contribution is -0.143. The molecule has 0 bridgehead atoms. The predicted octanol–water partition coefficient (Wildman–Crippen LogP) is 2.07. The first-order valence-corrected chi connectivity index (χ1v) is 14.2. The van der Waals surface area contributed by atoms with Crippen LogP contribution in [0, 0.1) is 11.8 Å². The van der Waals surface area contributed by atoms with Crippen molar-refractivity contribution < 1.29 is 34.1 Å². The molecule has 0 aromatic carbocycles. The van der Waals surface area contributed by atoms with Gasteiger partial charge in [0.15, 0.2) is 0 Å². The molecule has 12 heteroatoms. The molecule has 2 N–H and O–H groups in total. The van der Waals surface area contributed by atoms with E-state index in [9.17, 15) is 19.2 Å². The standard InChI is InChI=1S/C26H33N5O3.C4H4O4/c32-25-22-7-1-2-8-23(22)26(33)31(25)18-21(34-19-20-6-5-10-27-16-20)17-29-12-14-30(15-13-29)24-9-3-4-11-28-24;5-3(6)1-2-4(7)8/h3-6,9-11,16,21-23H,1-2,7-8,12-15,17-19H2;1-2H,(H,5,6)(H,7,8)/b;2-1-/t21?,22-,23+;. The first kappa shape index (κ1) is 30.8. The zero-order valence-corrected chi connectivity index (χ0v) is 23.5. The number of imide groups is 1. The lowest BCUT2D eigenvalue weighted by atomic mass is 9.81. The van der Waals surface area contributed by atoms with Crippen LogP contribution < -0.4 is 4.90 Å². The second-order valence-electron chi connectivity index (χ2n) is 10.6. The maximum absolute atomic E-state index is 13.1. The molecule has 5 rings (SSSR count). The van der Waals surface area contributed by atoms with E-state index in [0.29, 0.717) is 31.8 Å². The average molecular weight is 580 g/mol. The molecule has 2 aliphatic heterocycles. The highest BCUT2D eigenvalue weighted by Crippen LogP contribution is 2.38. The maximum atomic E-state index is 13.1. The van der Waals surface area contributed by atoms with Gasteiger partial charge in [-0.3, -0.25) is 24.4 Å². The third kappa shape index (κ3) is 8.67. The molecule has 3 atom stereocenters. The number of carboxylic acid groups (broad SMARTS) is 2. The molecular weight excluding hydrogens is 542 g/mol. The molecule has 0 radical (unpaired) electrons. The zero-order valence-electron chi connectivity index (χ0n) is 23.5. The Morgan fingerprint density at radius 3 is 2.12 bits per heavy atom. The van der Waals surface area contributed by atoms with Crippen LogP contribution in [-0.4, -0.2) is 99.1 Å². The summed E-state index contributed by atoms with van der Waals surface area (Å²) < 4.78 is 6.30. The highest BCUT2D eigenvalue weighted by molar-refractivity contribution is 6.05. The van der Waals surface area contributed by atoms with E-state index in [1.807, 2.05) is 36.5 Å². The Morgan fingerprint density at radius 2 is 1.57 bits per heavy atom. The number of carboxylic acids is 2. The topological polar surface area (TPSA) is 153 Å². The van der Waals surface area contributed by atoms with Crippen LogP contribution in [0.2, 0.25) is 0 Å². The molecule has 2 aromatic heterocycles. The molecule has 4 heterocycles. The van der Waals surface area contributed by atoms with Crippen LogP contribution in [0.5, 0.6) is 0 Å². The Balaban J connectivity index is 0.000000446. The van der Waals surface area contributed by atoms with Crippen molar-refractivity contribution >= 4 is 29.6 Å². The van der Waals surface area contributed by atoms with Crippen molar-refractivity contribution in [3.05, 3.63) is 66.6 Å². The molecule has 0 spiro atoms. The predicted molar refractivity (Wildman–Crippen MR) is 152 cm³/mol. The van der Waals surface area contributed by atoms with Gasteiger partial charge in [-0.25, -0.2) is 14.6 Å². The van der Waals surface area contributed by atoms with E-state index in [-0.39, 0.29) is 29.8 Å². The fourth-order valence-corrected chi connectivity index (χ4v) is 5.61. The summed E-state index contributed by atoms with van der Waals surface area (Å²) in [5, 5.41) is 15.6. The third-order valence-corrected chi connectivity index (χ3v) is 7.70. The molecule has 3 aliphatic rings. The number of ether oxygens (including phenoxy) is 1. The number of hydrogen-bond donors (Lipinski definition) is 2. The van der Waals surface area contributed by atoms with Crippen molar-refractivity contribution in [2.45, 2.75) is 38.4 Å². The van der Waals surface area contributed by atoms with Crippen LogP contribution >= 0.6 is 0 Å². The lowest BCUT2D eigenvalue weighted by Crippen LogP contribution is -2.51. The molecular formula is C30H37N5O7. The number of pyridine rings is 2. The Hall–Kier alpha value is -4.16. The summed E-state index contributed by atoms with van der Waals surface area (Å²) in [5.74, 6) is -1.75. The molecule has 1 unspecified atom stereocenters. The second kappa shape index (κ2) is 15.2. The van der Waals surface area contributed by atoms with Crippen LogP contribution in [0.3, 0.4) is 0 Å². The summed E-state index contributed by atoms with van der Waals surface area (Å²) in [7, 11) is 0. The first-order chi connectivity index (χ1) is 20.3. The van der Waals surface area contributed by atoms with Gasteiger partial charge < -0.3 is 19.8 Å². The molecule has 224 valence electrons. The average Bonchev–Trinajstić information content (AvgIpc) is 3.25. The number of aliphatic carboxylic acids is 2. The maximum Gasteiger partial charge on any atom is 0.328 e. The van der Waals surface area contributed by atoms with E-state index in [1.54, 1.807) is 12.4 Å². The van der Waals surface area contributed by atoms with E-state index >= 15 is 0 Å². The van der Waals surface area contributed by atoms with Crippen molar-refractivity contribution in [1.29, 1.82) is 0 Å². The number of hydrogen-bond acceptors (Lipinski definition) is 9. The van der Waals surface area contributed by atoms with E-state index in [1.165, 1.54) is 4.90 Å². The summed E-state index contributed by atoms with van der Waals surface area (Å²) >= 11 is 0. The normalized spacial score (nSPS) is 21.5. The van der Waals surface area contributed by atoms with Crippen molar-refractivity contribution in [3.8, 4) is 0 Å². The van der Waals surface area contributed by atoms with Crippen molar-refractivity contribution in [2.24, 2.45) is 11.8 Å². The monoisotopic (exact) mass is 579 g/mol. The van der Waals surface area contributed by atoms with E-state index < -0.39 is 11.9 Å². The number of anilines is 1. The SMILES string of the molecule is O=C(O)/C=C\C(=O)O.O=C1[C@H]2CCCC[C@H]2C(=O)N1CC(CN1CCN(c2ccccn2)CC1)OCc1cccnc1. The van der Waals surface area contributed by atoms with Crippen LogP contribution in [0.1, 0.15) is 31.2 Å². The van der Waals surface area contributed by atoms with Crippen LogP contribution in [0.4, 0.5) is 5.82 Å². The molecule has 2 saturated heterocycles. The van der Waals surface area contributed by atoms with Gasteiger partial charge in [0.05, 0.1) is 31.1 Å². The minimum absolute atomic E-state index is 0.00430. The van der Waals surface area contributed by atoms with Gasteiger partial charge in [-0.05, 0) is 36.6 Å². The minimum atomic E-state index is -1.26. The molecule has 3 fully saturated rings. The van der Waals surface area contributed by atoms with Gasteiger partial charge in [-0.2, -0.15) is 0 Å². The second-order valence-corrected chi connectivity index (χ2v) is 10.6. The molecule has 1 saturated carbocycles. The van der Waals surface area contributed by atoms with E-state index in [4.69, 9.17) is 14.9 Å². The fourth-order valence-electron chi connectivity index (χ4n) is 5.61. The summed E-state index contributed by atoms with van der Waals surface area (Å²) in [4.78, 5) is 60.0. The highest BCUT2D eigenvalue weighted by atomic mass is 16.5. The largest absolute Gasteiger partial charge is 0.478 e. The number of nitrogens with zero attached hydrogens (tertiary/aromatic N) is 5. The number of fused-ring (bicyclic) bond motifs is 1. The number of piperazine rings is 1. The quantitative estimate of drug-likeness (QED) is 0.314. The number of carbonyl (C=O) groups is 4. The van der Waals surface area contributed by atoms with Gasteiger partial charge in [-0.1, -0.05) is 25.0 Å². The molecule has 12 nitrogen and oxygen atoms in total. The Morgan fingerprint density at radius 1 is 0.905 bits per heavy atom. The summed E-state index contributed by atoms with van der Waals surface area (Å²) in [6, 6.07) is 9.86. The zero-order chi connectivity index (χ0) is 29.9. The van der Waals surface area contributed by atoms with Gasteiger partial charge in [0.2, 0.25) is 11.8 Å². The Kier molecular flexibility index (Phi) is 11.1. The van der Waals surface area contributed by atoms with E-state index in [0.717, 1.165) is 63.2 Å². The van der Waals surface area contributed by atoms with E-state index in [2.05, 4.69) is 19.8 Å². The lowest BCUT2D eigenvalue weighted by Gasteiger charge is -2.37. The first-order valence-electron chi connectivity index (χ1n) is 14.2. The number of rotatable bonds is 10. The molecule has 42 heavy (non-hydrogen) atoms. The van der Waals surface area contributed by atoms with Gasteiger partial charge in [-0.15, -0.1) is 0 Å². The number of aromatic nitrogens is 2. The third-order valence-electron chi connectivity index (χ3n) is 7.70. The minimum Gasteiger partial charge on any atom is -0.478 e.